The van der Waals surface area contributed by atoms with Crippen LogP contribution in [0.15, 0.2) is 9.98 Å². The van der Waals surface area contributed by atoms with E-state index < -0.39 is 0 Å². The smallest absolute Gasteiger partial charge is 0.0892 e. The zero-order chi connectivity index (χ0) is 15.4. The average Bonchev–Trinajstić information content (AvgIpc) is 2.50. The van der Waals surface area contributed by atoms with Crippen LogP contribution in [0.4, 0.5) is 0 Å². The minimum absolute atomic E-state index is 0.911. The second-order valence-electron chi connectivity index (χ2n) is 6.11. The van der Waals surface area contributed by atoms with Crippen LogP contribution in [0.1, 0.15) is 104 Å². The standard InChI is InChI=1S/C19H38N2/c1-3-5-7-9-11-13-15-17-20-19-21-18-16-14-12-10-8-6-4-2/h3-18H2,1-2H3. The third-order valence-electron chi connectivity index (χ3n) is 3.89. The molecule has 0 aromatic rings. The summed E-state index contributed by atoms with van der Waals surface area (Å²) in [6, 6.07) is 2.86. The van der Waals surface area contributed by atoms with Gasteiger partial charge in [0.2, 0.25) is 0 Å². The Labute approximate surface area is 133 Å². The molecule has 0 aromatic heterocycles. The van der Waals surface area contributed by atoms with Crippen molar-refractivity contribution in [2.45, 2.75) is 104 Å². The molecule has 0 atom stereocenters. The van der Waals surface area contributed by atoms with Gasteiger partial charge in [-0.1, -0.05) is 90.9 Å². The van der Waals surface area contributed by atoms with Gasteiger partial charge in [-0.2, -0.15) is 0 Å². The van der Waals surface area contributed by atoms with Gasteiger partial charge in [-0.3, -0.25) is 0 Å². The lowest BCUT2D eigenvalue weighted by Crippen LogP contribution is -1.84. The summed E-state index contributed by atoms with van der Waals surface area (Å²) in [6.07, 6.45) is 18.8. The van der Waals surface area contributed by atoms with Gasteiger partial charge in [0.05, 0.1) is 6.01 Å². The molecule has 0 unspecified atom stereocenters. The second kappa shape index (κ2) is 19.4. The summed E-state index contributed by atoms with van der Waals surface area (Å²) < 4.78 is 0. The van der Waals surface area contributed by atoms with Crippen LogP contribution < -0.4 is 0 Å². The Hall–Kier alpha value is -0.620. The van der Waals surface area contributed by atoms with Gasteiger partial charge in [-0.15, -0.1) is 0 Å². The molecule has 0 fully saturated rings. The van der Waals surface area contributed by atoms with Crippen LogP contribution in [0.25, 0.3) is 0 Å². The molecule has 0 radical (unpaired) electrons. The van der Waals surface area contributed by atoms with E-state index in [1.165, 1.54) is 89.9 Å². The summed E-state index contributed by atoms with van der Waals surface area (Å²) in [5.41, 5.74) is 0. The highest BCUT2D eigenvalue weighted by atomic mass is 14.8. The Kier molecular flexibility index (Phi) is 18.8. The van der Waals surface area contributed by atoms with Gasteiger partial charge in [0.25, 0.3) is 0 Å². The molecule has 0 rings (SSSR count). The molecule has 0 aromatic carbocycles. The fraction of sp³-hybridized carbons (Fsp3) is 0.947. The fourth-order valence-electron chi connectivity index (χ4n) is 2.45. The molecule has 124 valence electrons. The molecular formula is C19H38N2. The highest BCUT2D eigenvalue weighted by Gasteiger charge is 1.90. The molecule has 0 N–H and O–H groups in total. The minimum Gasteiger partial charge on any atom is -0.226 e. The van der Waals surface area contributed by atoms with Crippen LogP contribution in [0.3, 0.4) is 0 Å². The quantitative estimate of drug-likeness (QED) is 0.224. The van der Waals surface area contributed by atoms with E-state index in [0.29, 0.717) is 0 Å². The maximum Gasteiger partial charge on any atom is 0.0892 e. The molecule has 0 spiro atoms. The Morgan fingerprint density at radius 1 is 0.476 bits per heavy atom. The summed E-state index contributed by atoms with van der Waals surface area (Å²) >= 11 is 0. The normalized spacial score (nSPS) is 10.4. The molecule has 0 aliphatic carbocycles. The first-order chi connectivity index (χ1) is 10.4. The minimum atomic E-state index is 0.911. The van der Waals surface area contributed by atoms with Crippen molar-refractivity contribution in [2.24, 2.45) is 9.98 Å². The molecule has 0 bridgehead atoms. The zero-order valence-electron chi connectivity index (χ0n) is 14.7. The summed E-state index contributed by atoms with van der Waals surface area (Å²) in [5.74, 6) is 0. The van der Waals surface area contributed by atoms with Gasteiger partial charge in [0.1, 0.15) is 0 Å². The van der Waals surface area contributed by atoms with E-state index in [9.17, 15) is 0 Å². The van der Waals surface area contributed by atoms with Crippen molar-refractivity contribution >= 4 is 6.01 Å². The van der Waals surface area contributed by atoms with E-state index in [-0.39, 0.29) is 0 Å². The van der Waals surface area contributed by atoms with E-state index in [1.807, 2.05) is 0 Å². The molecule has 0 aliphatic heterocycles. The van der Waals surface area contributed by atoms with E-state index in [0.717, 1.165) is 13.1 Å². The lowest BCUT2D eigenvalue weighted by Gasteiger charge is -1.98. The van der Waals surface area contributed by atoms with Gasteiger partial charge >= 0.3 is 0 Å². The molecular weight excluding hydrogens is 256 g/mol. The van der Waals surface area contributed by atoms with E-state index >= 15 is 0 Å². The Bertz CT molecular complexity index is 220. The fourth-order valence-corrected chi connectivity index (χ4v) is 2.45. The van der Waals surface area contributed by atoms with Gasteiger partial charge in [0, 0.05) is 13.1 Å². The first-order valence-corrected chi connectivity index (χ1v) is 9.49. The van der Waals surface area contributed by atoms with Gasteiger partial charge < -0.3 is 0 Å². The summed E-state index contributed by atoms with van der Waals surface area (Å²) in [4.78, 5) is 8.49. The number of aliphatic imine (C=N–C) groups is 2. The van der Waals surface area contributed by atoms with Crippen LogP contribution in [0, 0.1) is 0 Å². The SMILES string of the molecule is CCCCCCCCCN=C=NCCCCCCCCC. The van der Waals surface area contributed by atoms with Crippen LogP contribution in [-0.4, -0.2) is 19.1 Å². The van der Waals surface area contributed by atoms with E-state index in [1.54, 1.807) is 0 Å². The number of nitrogens with zero attached hydrogens (tertiary/aromatic N) is 2. The third kappa shape index (κ3) is 19.4. The van der Waals surface area contributed by atoms with Gasteiger partial charge in [-0.25, -0.2) is 9.98 Å². The van der Waals surface area contributed by atoms with E-state index in [2.05, 4.69) is 29.8 Å². The van der Waals surface area contributed by atoms with Crippen LogP contribution in [-0.2, 0) is 0 Å². The van der Waals surface area contributed by atoms with E-state index in [4.69, 9.17) is 0 Å². The highest BCUT2D eigenvalue weighted by Crippen LogP contribution is 2.07. The zero-order valence-corrected chi connectivity index (χ0v) is 14.7. The predicted octanol–water partition coefficient (Wildman–Crippen LogP) is 6.66. The number of hydrogen-bond donors (Lipinski definition) is 0. The lowest BCUT2D eigenvalue weighted by atomic mass is 10.1. The van der Waals surface area contributed by atoms with Gasteiger partial charge in [-0.05, 0) is 12.8 Å². The maximum atomic E-state index is 4.25. The highest BCUT2D eigenvalue weighted by molar-refractivity contribution is 5.40. The van der Waals surface area contributed by atoms with Crippen molar-refractivity contribution in [2.75, 3.05) is 13.1 Å². The van der Waals surface area contributed by atoms with Crippen molar-refractivity contribution in [3.05, 3.63) is 0 Å². The first kappa shape index (κ1) is 20.4. The molecule has 2 nitrogen and oxygen atoms in total. The predicted molar refractivity (Wildman–Crippen MR) is 95.6 cm³/mol. The molecule has 0 amide bonds. The first-order valence-electron chi connectivity index (χ1n) is 9.49. The number of unbranched alkanes of at least 4 members (excludes halogenated alkanes) is 12. The summed E-state index contributed by atoms with van der Waals surface area (Å²) in [7, 11) is 0. The number of rotatable bonds is 16. The molecule has 0 saturated carbocycles. The van der Waals surface area contributed by atoms with Crippen LogP contribution in [0.2, 0.25) is 0 Å². The molecule has 0 aliphatic rings. The van der Waals surface area contributed by atoms with Crippen LogP contribution in [0.5, 0.6) is 0 Å². The third-order valence-corrected chi connectivity index (χ3v) is 3.89. The monoisotopic (exact) mass is 294 g/mol. The lowest BCUT2D eigenvalue weighted by molar-refractivity contribution is 0.592. The Balaban J connectivity index is 3.15. The molecule has 0 heterocycles. The topological polar surface area (TPSA) is 24.7 Å². The number of hydrogen-bond acceptors (Lipinski definition) is 2. The van der Waals surface area contributed by atoms with Crippen LogP contribution >= 0.6 is 0 Å². The molecule has 0 saturated heterocycles. The molecule has 21 heavy (non-hydrogen) atoms. The van der Waals surface area contributed by atoms with Gasteiger partial charge in [0.15, 0.2) is 0 Å². The second-order valence-corrected chi connectivity index (χ2v) is 6.11. The van der Waals surface area contributed by atoms with Crippen molar-refractivity contribution in [3.8, 4) is 0 Å². The van der Waals surface area contributed by atoms with Crippen molar-refractivity contribution < 1.29 is 0 Å². The van der Waals surface area contributed by atoms with Crippen molar-refractivity contribution in [1.82, 2.24) is 0 Å². The summed E-state index contributed by atoms with van der Waals surface area (Å²) in [5, 5.41) is 0. The average molecular weight is 295 g/mol. The Morgan fingerprint density at radius 2 is 0.810 bits per heavy atom. The van der Waals surface area contributed by atoms with Crippen molar-refractivity contribution in [1.29, 1.82) is 0 Å². The maximum absolute atomic E-state index is 4.25. The Morgan fingerprint density at radius 3 is 1.19 bits per heavy atom. The van der Waals surface area contributed by atoms with Crippen molar-refractivity contribution in [3.63, 3.8) is 0 Å². The largest absolute Gasteiger partial charge is 0.226 e. The summed E-state index contributed by atoms with van der Waals surface area (Å²) in [6.45, 7) is 6.35. The molecule has 2 heteroatoms.